The molecule has 0 aliphatic rings. The van der Waals surface area contributed by atoms with Crippen LogP contribution >= 0.6 is 0 Å². The van der Waals surface area contributed by atoms with Crippen LogP contribution in [0, 0.1) is 23.7 Å². The number of nitriles is 1. The summed E-state index contributed by atoms with van der Waals surface area (Å²) in [7, 11) is 0. The highest BCUT2D eigenvalue weighted by Crippen LogP contribution is 2.45. The van der Waals surface area contributed by atoms with Gasteiger partial charge in [0, 0.05) is 63.5 Å². The molecule has 0 bridgehead atoms. The first-order valence-corrected chi connectivity index (χ1v) is 10.8. The smallest absolute Gasteiger partial charge is 0.335 e. The van der Waals surface area contributed by atoms with Gasteiger partial charge >= 0.3 is 5.97 Å². The van der Waals surface area contributed by atoms with E-state index in [0.717, 1.165) is 39.1 Å². The normalized spacial score (nSPS) is 11.4. The van der Waals surface area contributed by atoms with Crippen molar-refractivity contribution in [2.75, 3.05) is 5.73 Å². The molecule has 34 heavy (non-hydrogen) atoms. The molecule has 0 saturated heterocycles. The number of benzene rings is 2. The Bertz CT molecular complexity index is 1470. The van der Waals surface area contributed by atoms with E-state index in [4.69, 9.17) is 11.1 Å². The zero-order valence-electron chi connectivity index (χ0n) is 19.3. The lowest BCUT2D eigenvalue weighted by molar-refractivity contribution is 0.0697. The number of nitrogens with two attached hydrogens (primary N) is 1. The van der Waals surface area contributed by atoms with E-state index in [1.54, 1.807) is 30.5 Å². The van der Waals surface area contributed by atoms with Crippen LogP contribution in [0.4, 0.5) is 5.69 Å². The van der Waals surface area contributed by atoms with E-state index in [0.29, 0.717) is 11.3 Å². The Morgan fingerprint density at radius 1 is 1.24 bits per heavy atom. The second kappa shape index (κ2) is 8.49. The molecule has 4 N–H and O–H groups in total. The van der Waals surface area contributed by atoms with E-state index in [1.165, 1.54) is 6.21 Å². The second-order valence-corrected chi connectivity index (χ2v) is 8.96. The third-order valence-corrected chi connectivity index (χ3v) is 6.05. The number of fused-ring (bicyclic) bond motifs is 1. The lowest BCUT2D eigenvalue weighted by Gasteiger charge is -2.26. The number of aromatic nitrogens is 2. The topological polar surface area (TPSA) is 129 Å². The predicted octanol–water partition coefficient (Wildman–Crippen LogP) is 5.47. The van der Waals surface area contributed by atoms with Crippen molar-refractivity contribution in [3.8, 4) is 22.9 Å². The van der Waals surface area contributed by atoms with Gasteiger partial charge in [-0.1, -0.05) is 26.0 Å². The molecule has 4 aromatic rings. The summed E-state index contributed by atoms with van der Waals surface area (Å²) in [6.45, 7) is 5.96. The van der Waals surface area contributed by atoms with Crippen molar-refractivity contribution in [1.29, 1.82) is 10.7 Å². The molecule has 0 saturated carbocycles. The Hall–Kier alpha value is -4.44. The van der Waals surface area contributed by atoms with E-state index in [9.17, 15) is 15.2 Å². The van der Waals surface area contributed by atoms with Gasteiger partial charge in [-0.05, 0) is 48.9 Å². The van der Waals surface area contributed by atoms with E-state index >= 15 is 0 Å². The Morgan fingerprint density at radius 2 is 1.94 bits per heavy atom. The fourth-order valence-electron chi connectivity index (χ4n) is 4.42. The number of nitrogen functional groups attached to an aromatic ring is 1. The average molecular weight is 452 g/mol. The largest absolute Gasteiger partial charge is 0.478 e. The molecule has 7 heteroatoms. The standard InChI is InChI=1S/C27H25N5O2/c1-16-12-20(8-11-31-16)32-23-13-19(15-29)22(30)14-21(23)24(25(32)27(2,3)9-10-28)17-4-6-18(7-5-17)26(33)34/h4-8,11-15,29H,9,30H2,1-3H3,(H,33,34). The minimum atomic E-state index is -0.994. The quantitative estimate of drug-likeness (QED) is 0.264. The van der Waals surface area contributed by atoms with E-state index in [-0.39, 0.29) is 12.0 Å². The van der Waals surface area contributed by atoms with Gasteiger partial charge in [-0.25, -0.2) is 4.79 Å². The number of hydrogen-bond acceptors (Lipinski definition) is 5. The van der Waals surface area contributed by atoms with Crippen LogP contribution in [0.5, 0.6) is 0 Å². The van der Waals surface area contributed by atoms with E-state index < -0.39 is 11.4 Å². The minimum Gasteiger partial charge on any atom is -0.478 e. The van der Waals surface area contributed by atoms with Gasteiger partial charge in [0.1, 0.15) is 0 Å². The first-order valence-electron chi connectivity index (χ1n) is 10.8. The maximum Gasteiger partial charge on any atom is 0.335 e. The van der Waals surface area contributed by atoms with Crippen LogP contribution in [0.15, 0.2) is 54.7 Å². The van der Waals surface area contributed by atoms with Crippen molar-refractivity contribution in [3.63, 3.8) is 0 Å². The van der Waals surface area contributed by atoms with Crippen LogP contribution in [0.2, 0.25) is 0 Å². The van der Waals surface area contributed by atoms with Gasteiger partial charge in [-0.15, -0.1) is 0 Å². The van der Waals surface area contributed by atoms with Gasteiger partial charge < -0.3 is 20.8 Å². The number of pyridine rings is 1. The molecule has 0 aliphatic heterocycles. The van der Waals surface area contributed by atoms with Crippen molar-refractivity contribution in [1.82, 2.24) is 9.55 Å². The van der Waals surface area contributed by atoms with E-state index in [1.807, 2.05) is 45.0 Å². The summed E-state index contributed by atoms with van der Waals surface area (Å²) in [4.78, 5) is 15.8. The van der Waals surface area contributed by atoms with Gasteiger partial charge in [0.15, 0.2) is 0 Å². The van der Waals surface area contributed by atoms with Gasteiger partial charge in [0.2, 0.25) is 0 Å². The molecule has 4 rings (SSSR count). The zero-order chi connectivity index (χ0) is 24.6. The van der Waals surface area contributed by atoms with Crippen LogP contribution in [-0.4, -0.2) is 26.8 Å². The molecule has 0 atom stereocenters. The van der Waals surface area contributed by atoms with E-state index in [2.05, 4.69) is 15.6 Å². The Balaban J connectivity index is 2.21. The molecule has 2 aromatic carbocycles. The number of aryl methyl sites for hydroxylation is 1. The van der Waals surface area contributed by atoms with Crippen molar-refractivity contribution in [2.45, 2.75) is 32.6 Å². The number of aromatic carboxylic acids is 1. The molecule has 2 aromatic heterocycles. The first-order chi connectivity index (χ1) is 16.2. The molecule has 170 valence electrons. The van der Waals surface area contributed by atoms with Gasteiger partial charge in [-0.3, -0.25) is 4.98 Å². The predicted molar refractivity (Wildman–Crippen MR) is 134 cm³/mol. The molecule has 2 heterocycles. The molecule has 0 fully saturated rings. The highest BCUT2D eigenvalue weighted by atomic mass is 16.4. The summed E-state index contributed by atoms with van der Waals surface area (Å²) in [5, 5.41) is 27.7. The van der Waals surface area contributed by atoms with Crippen molar-refractivity contribution < 1.29 is 9.90 Å². The van der Waals surface area contributed by atoms with Crippen LogP contribution in [-0.2, 0) is 5.41 Å². The maximum atomic E-state index is 11.4. The molecule has 0 unspecified atom stereocenters. The summed E-state index contributed by atoms with van der Waals surface area (Å²) in [5.41, 5.74) is 12.2. The third kappa shape index (κ3) is 3.80. The molecule has 7 nitrogen and oxygen atoms in total. The Morgan fingerprint density at radius 3 is 2.53 bits per heavy atom. The fourth-order valence-corrected chi connectivity index (χ4v) is 4.42. The van der Waals surface area contributed by atoms with Gasteiger partial charge in [0.25, 0.3) is 0 Å². The minimum absolute atomic E-state index is 0.195. The number of nitrogens with one attached hydrogen (secondary N) is 1. The summed E-state index contributed by atoms with van der Waals surface area (Å²) in [5.74, 6) is -0.994. The first kappa shape index (κ1) is 22.7. The monoisotopic (exact) mass is 451 g/mol. The summed E-state index contributed by atoms with van der Waals surface area (Å²) in [6, 6.07) is 16.7. The molecule has 0 radical (unpaired) electrons. The number of anilines is 1. The number of nitrogens with zero attached hydrogens (tertiary/aromatic N) is 3. The second-order valence-electron chi connectivity index (χ2n) is 8.96. The van der Waals surface area contributed by atoms with Crippen LogP contribution < -0.4 is 5.73 Å². The third-order valence-electron chi connectivity index (χ3n) is 6.05. The van der Waals surface area contributed by atoms with Crippen LogP contribution in [0.1, 0.15) is 47.6 Å². The molecule has 0 aliphatic carbocycles. The average Bonchev–Trinajstić information content (AvgIpc) is 3.13. The fraction of sp³-hybridized carbons (Fsp3) is 0.185. The lowest BCUT2D eigenvalue weighted by Crippen LogP contribution is -2.22. The number of carboxylic acid groups (broad SMARTS) is 1. The van der Waals surface area contributed by atoms with Gasteiger partial charge in [-0.2, -0.15) is 5.26 Å². The molecular weight excluding hydrogens is 426 g/mol. The SMILES string of the molecule is Cc1cc(-n2c(C(C)(C)CC#N)c(-c3ccc(C(=O)O)cc3)c3cc(N)c(C=N)cc32)ccn1. The van der Waals surface area contributed by atoms with Crippen LogP contribution in [0.25, 0.3) is 27.7 Å². The Kier molecular flexibility index (Phi) is 5.68. The van der Waals surface area contributed by atoms with Gasteiger partial charge in [0.05, 0.1) is 17.1 Å². The number of carbonyl (C=O) groups is 1. The maximum absolute atomic E-state index is 11.4. The molecule has 0 spiro atoms. The summed E-state index contributed by atoms with van der Waals surface area (Å²) in [6.07, 6.45) is 3.24. The summed E-state index contributed by atoms with van der Waals surface area (Å²) < 4.78 is 2.11. The van der Waals surface area contributed by atoms with Crippen molar-refractivity contribution >= 4 is 28.8 Å². The lowest BCUT2D eigenvalue weighted by atomic mass is 9.81. The van der Waals surface area contributed by atoms with Crippen molar-refractivity contribution in [2.24, 2.45) is 0 Å². The molecular formula is C27H25N5O2. The zero-order valence-corrected chi connectivity index (χ0v) is 19.3. The molecule has 0 amide bonds. The van der Waals surface area contributed by atoms with Crippen LogP contribution in [0.3, 0.4) is 0 Å². The Labute approximate surface area is 197 Å². The number of hydrogen-bond donors (Lipinski definition) is 3. The van der Waals surface area contributed by atoms with Crippen molar-refractivity contribution in [3.05, 3.63) is 77.2 Å². The highest BCUT2D eigenvalue weighted by Gasteiger charge is 2.32. The number of rotatable bonds is 6. The summed E-state index contributed by atoms with van der Waals surface area (Å²) >= 11 is 0. The highest BCUT2D eigenvalue weighted by molar-refractivity contribution is 6.05. The number of carboxylic acids is 1.